The standard InChI is InChI=1S/C34H29N5O2S/c1-20-7-13-23(14-8-20)39(24-15-9-21(2)10-16-24)25-17-11-22(12-18-25)29-31-30(37-42-38-31)28(19-35-29)36-32-33(40)26-5-3-4-6-27(26)34(32)41/h7-19,26-27H,3-6H2,1-2H3. The van der Waals surface area contributed by atoms with Gasteiger partial charge in [0.15, 0.2) is 17.3 Å². The molecule has 0 saturated heterocycles. The van der Waals surface area contributed by atoms with Crippen molar-refractivity contribution in [2.45, 2.75) is 39.5 Å². The van der Waals surface area contributed by atoms with E-state index in [1.54, 1.807) is 6.20 Å². The van der Waals surface area contributed by atoms with Gasteiger partial charge >= 0.3 is 0 Å². The maximum atomic E-state index is 13.0. The zero-order valence-electron chi connectivity index (χ0n) is 23.4. The lowest BCUT2D eigenvalue weighted by Gasteiger charge is -2.26. The van der Waals surface area contributed by atoms with Gasteiger partial charge in [-0.15, -0.1) is 0 Å². The molecule has 2 aliphatic carbocycles. The SMILES string of the molecule is Cc1ccc(N(c2ccc(C)cc2)c2ccc(-c3ncc(N=C4C(=O)C5CCCCC5C4=O)c4nsnc34)cc2)cc1. The summed E-state index contributed by atoms with van der Waals surface area (Å²) in [4.78, 5) is 37.5. The van der Waals surface area contributed by atoms with Crippen LogP contribution in [-0.2, 0) is 9.59 Å². The fraction of sp³-hybridized carbons (Fsp3) is 0.235. The number of pyridine rings is 1. The average molecular weight is 572 g/mol. The summed E-state index contributed by atoms with van der Waals surface area (Å²) in [7, 11) is 0. The molecule has 0 spiro atoms. The van der Waals surface area contributed by atoms with E-state index in [0.29, 0.717) is 22.4 Å². The van der Waals surface area contributed by atoms with Crippen molar-refractivity contribution in [1.29, 1.82) is 0 Å². The minimum atomic E-state index is -0.223. The Bertz CT molecular complexity index is 1770. The number of hydrogen-bond acceptors (Lipinski definition) is 8. The number of ketones is 2. The van der Waals surface area contributed by atoms with Gasteiger partial charge in [0.05, 0.1) is 23.6 Å². The van der Waals surface area contributed by atoms with Gasteiger partial charge in [-0.3, -0.25) is 14.6 Å². The van der Waals surface area contributed by atoms with E-state index in [0.717, 1.165) is 60.0 Å². The second kappa shape index (κ2) is 10.7. The number of aliphatic imine (C=N–C) groups is 1. The van der Waals surface area contributed by atoms with Gasteiger partial charge in [0, 0.05) is 34.5 Å². The Kier molecular flexibility index (Phi) is 6.70. The third-order valence-electron chi connectivity index (χ3n) is 8.39. The molecule has 208 valence electrons. The molecule has 0 radical (unpaired) electrons. The lowest BCUT2D eigenvalue weighted by atomic mass is 9.81. The zero-order valence-corrected chi connectivity index (χ0v) is 24.3. The van der Waals surface area contributed by atoms with Gasteiger partial charge in [-0.25, -0.2) is 4.99 Å². The molecule has 2 heterocycles. The van der Waals surface area contributed by atoms with Crippen LogP contribution in [0.25, 0.3) is 22.3 Å². The Labute approximate surface area is 248 Å². The molecule has 7 rings (SSSR count). The number of anilines is 3. The highest BCUT2D eigenvalue weighted by atomic mass is 32.1. The molecule has 2 fully saturated rings. The number of carbonyl (C=O) groups is 2. The number of benzene rings is 3. The summed E-state index contributed by atoms with van der Waals surface area (Å²) < 4.78 is 9.01. The third-order valence-corrected chi connectivity index (χ3v) is 8.92. The normalized spacial score (nSPS) is 18.4. The van der Waals surface area contributed by atoms with E-state index >= 15 is 0 Å². The van der Waals surface area contributed by atoms with E-state index in [1.807, 2.05) is 12.1 Å². The summed E-state index contributed by atoms with van der Waals surface area (Å²) in [6.45, 7) is 4.17. The monoisotopic (exact) mass is 571 g/mol. The molecule has 8 heteroatoms. The number of aromatic nitrogens is 3. The van der Waals surface area contributed by atoms with Crippen LogP contribution in [0, 0.1) is 25.7 Å². The number of fused-ring (bicyclic) bond motifs is 2. The number of Topliss-reactive ketones (excluding diaryl/α,β-unsaturated/α-hetero) is 2. The number of hydrogen-bond donors (Lipinski definition) is 0. The van der Waals surface area contributed by atoms with Crippen molar-refractivity contribution in [3.8, 4) is 11.3 Å². The third kappa shape index (κ3) is 4.61. The highest BCUT2D eigenvalue weighted by molar-refractivity contribution is 7.00. The van der Waals surface area contributed by atoms with Crippen LogP contribution in [-0.4, -0.2) is 31.0 Å². The van der Waals surface area contributed by atoms with Crippen molar-refractivity contribution in [3.05, 3.63) is 90.1 Å². The maximum absolute atomic E-state index is 13.0. The maximum Gasteiger partial charge on any atom is 0.188 e. The van der Waals surface area contributed by atoms with Crippen molar-refractivity contribution < 1.29 is 9.59 Å². The van der Waals surface area contributed by atoms with Crippen molar-refractivity contribution >= 4 is 62.8 Å². The molecule has 3 aromatic carbocycles. The van der Waals surface area contributed by atoms with Crippen LogP contribution in [0.1, 0.15) is 36.8 Å². The summed E-state index contributed by atoms with van der Waals surface area (Å²) in [6.07, 6.45) is 5.10. The van der Waals surface area contributed by atoms with Crippen molar-refractivity contribution in [2.75, 3.05) is 4.90 Å². The number of aryl methyl sites for hydroxylation is 2. The van der Waals surface area contributed by atoms with Gasteiger partial charge in [0.2, 0.25) is 0 Å². The van der Waals surface area contributed by atoms with Gasteiger partial charge in [-0.2, -0.15) is 8.75 Å². The molecule has 2 aliphatic rings. The molecular weight excluding hydrogens is 542 g/mol. The summed E-state index contributed by atoms with van der Waals surface area (Å²) in [5.41, 5.74) is 8.77. The molecule has 42 heavy (non-hydrogen) atoms. The fourth-order valence-corrected chi connectivity index (χ4v) is 6.68. The van der Waals surface area contributed by atoms with Gasteiger partial charge in [0.1, 0.15) is 16.7 Å². The Hall–Kier alpha value is -4.56. The molecule has 0 aliphatic heterocycles. The topological polar surface area (TPSA) is 88.4 Å². The molecule has 7 nitrogen and oxygen atoms in total. The zero-order chi connectivity index (χ0) is 28.8. The second-order valence-electron chi connectivity index (χ2n) is 11.2. The molecular formula is C34H29N5O2S. The van der Waals surface area contributed by atoms with Crippen molar-refractivity contribution in [1.82, 2.24) is 13.7 Å². The van der Waals surface area contributed by atoms with Crippen LogP contribution >= 0.6 is 11.7 Å². The van der Waals surface area contributed by atoms with Gasteiger partial charge in [-0.1, -0.05) is 60.4 Å². The Morgan fingerprint density at radius 2 is 1.21 bits per heavy atom. The van der Waals surface area contributed by atoms with Crippen LogP contribution in [0.2, 0.25) is 0 Å². The minimum absolute atomic E-state index is 0.0485. The van der Waals surface area contributed by atoms with E-state index in [-0.39, 0.29) is 29.1 Å². The first-order chi connectivity index (χ1) is 20.5. The molecule has 0 bridgehead atoms. The quantitative estimate of drug-likeness (QED) is 0.213. The smallest absolute Gasteiger partial charge is 0.188 e. The van der Waals surface area contributed by atoms with Gasteiger partial charge < -0.3 is 4.90 Å². The summed E-state index contributed by atoms with van der Waals surface area (Å²) >= 11 is 1.07. The minimum Gasteiger partial charge on any atom is -0.311 e. The summed E-state index contributed by atoms with van der Waals surface area (Å²) in [5.74, 6) is -0.710. The molecule has 0 N–H and O–H groups in total. The lowest BCUT2D eigenvalue weighted by Crippen LogP contribution is -2.21. The molecule has 2 atom stereocenters. The van der Waals surface area contributed by atoms with Crippen LogP contribution in [0.15, 0.2) is 84.0 Å². The molecule has 2 saturated carbocycles. The van der Waals surface area contributed by atoms with E-state index < -0.39 is 0 Å². The molecule has 2 unspecified atom stereocenters. The van der Waals surface area contributed by atoms with Gasteiger partial charge in [0.25, 0.3) is 0 Å². The first-order valence-electron chi connectivity index (χ1n) is 14.3. The second-order valence-corrected chi connectivity index (χ2v) is 11.7. The molecule has 0 amide bonds. The number of carbonyl (C=O) groups excluding carboxylic acids is 2. The Morgan fingerprint density at radius 1 is 0.714 bits per heavy atom. The molecule has 5 aromatic rings. The summed E-state index contributed by atoms with van der Waals surface area (Å²) in [5, 5.41) is 0. The lowest BCUT2D eigenvalue weighted by molar-refractivity contribution is -0.120. The van der Waals surface area contributed by atoms with E-state index in [9.17, 15) is 9.59 Å². The predicted molar refractivity (Wildman–Crippen MR) is 167 cm³/mol. The summed E-state index contributed by atoms with van der Waals surface area (Å²) in [6, 6.07) is 25.2. The average Bonchev–Trinajstić information content (AvgIpc) is 3.60. The van der Waals surface area contributed by atoms with Gasteiger partial charge in [-0.05, 0) is 63.1 Å². The van der Waals surface area contributed by atoms with E-state index in [4.69, 9.17) is 4.98 Å². The largest absolute Gasteiger partial charge is 0.311 e. The molecule has 2 aromatic heterocycles. The van der Waals surface area contributed by atoms with Crippen LogP contribution in [0.4, 0.5) is 22.7 Å². The van der Waals surface area contributed by atoms with Crippen molar-refractivity contribution in [2.24, 2.45) is 16.8 Å². The number of rotatable bonds is 5. The Morgan fingerprint density at radius 3 is 1.76 bits per heavy atom. The first-order valence-corrected chi connectivity index (χ1v) is 15.0. The van der Waals surface area contributed by atoms with E-state index in [2.05, 4.69) is 93.2 Å². The van der Waals surface area contributed by atoms with Crippen LogP contribution in [0.3, 0.4) is 0 Å². The highest BCUT2D eigenvalue weighted by Gasteiger charge is 2.47. The van der Waals surface area contributed by atoms with Crippen LogP contribution < -0.4 is 4.90 Å². The fourth-order valence-electron chi connectivity index (χ4n) is 6.12. The highest BCUT2D eigenvalue weighted by Crippen LogP contribution is 2.40. The Balaban J connectivity index is 1.24. The van der Waals surface area contributed by atoms with Crippen LogP contribution in [0.5, 0.6) is 0 Å². The predicted octanol–water partition coefficient (Wildman–Crippen LogP) is 7.87. The van der Waals surface area contributed by atoms with E-state index in [1.165, 1.54) is 11.1 Å². The first kappa shape index (κ1) is 26.3. The van der Waals surface area contributed by atoms with Crippen molar-refractivity contribution in [3.63, 3.8) is 0 Å². The number of nitrogens with zero attached hydrogens (tertiary/aromatic N) is 5.